The summed E-state index contributed by atoms with van der Waals surface area (Å²) < 4.78 is 0. The molecule has 0 radical (unpaired) electrons. The number of carbonyl (C=O) groups is 2. The van der Waals surface area contributed by atoms with Gasteiger partial charge in [0.25, 0.3) is 0 Å². The average molecular weight is 230 g/mol. The molecule has 0 aliphatic heterocycles. The Morgan fingerprint density at radius 3 is 2.31 bits per heavy atom. The zero-order valence-corrected chi connectivity index (χ0v) is 10.3. The van der Waals surface area contributed by atoms with Gasteiger partial charge in [-0.3, -0.25) is 9.59 Å². The van der Waals surface area contributed by atoms with Crippen molar-refractivity contribution in [3.8, 4) is 0 Å². The van der Waals surface area contributed by atoms with Gasteiger partial charge >= 0.3 is 5.97 Å². The number of carboxylic acids is 1. The summed E-state index contributed by atoms with van der Waals surface area (Å²) in [4.78, 5) is 23.6. The number of carboxylic acid groups (broad SMARTS) is 1. The van der Waals surface area contributed by atoms with Gasteiger partial charge in [0.05, 0.1) is 0 Å². The van der Waals surface area contributed by atoms with E-state index in [1.165, 1.54) is 0 Å². The van der Waals surface area contributed by atoms with Crippen molar-refractivity contribution in [1.82, 2.24) is 10.2 Å². The third-order valence-corrected chi connectivity index (χ3v) is 2.47. The van der Waals surface area contributed by atoms with Crippen molar-refractivity contribution in [2.24, 2.45) is 0 Å². The summed E-state index contributed by atoms with van der Waals surface area (Å²) in [5, 5.41) is 11.1. The molecule has 0 aromatic heterocycles. The summed E-state index contributed by atoms with van der Waals surface area (Å²) in [6, 6.07) is 0.332. The van der Waals surface area contributed by atoms with E-state index in [4.69, 9.17) is 5.11 Å². The van der Waals surface area contributed by atoms with Gasteiger partial charge in [0, 0.05) is 32.5 Å². The Bertz CT molecular complexity index is 229. The predicted molar refractivity (Wildman–Crippen MR) is 62.3 cm³/mol. The quantitative estimate of drug-likeness (QED) is 0.644. The van der Waals surface area contributed by atoms with Crippen molar-refractivity contribution in [1.29, 1.82) is 0 Å². The molecule has 0 heterocycles. The van der Waals surface area contributed by atoms with Gasteiger partial charge in [-0.05, 0) is 26.8 Å². The Morgan fingerprint density at radius 2 is 1.88 bits per heavy atom. The van der Waals surface area contributed by atoms with Gasteiger partial charge in [-0.1, -0.05) is 0 Å². The smallest absolute Gasteiger partial charge is 0.303 e. The van der Waals surface area contributed by atoms with Crippen LogP contribution in [-0.4, -0.2) is 48.1 Å². The molecule has 0 aromatic carbocycles. The highest BCUT2D eigenvalue weighted by molar-refractivity contribution is 5.75. The van der Waals surface area contributed by atoms with E-state index in [0.29, 0.717) is 25.4 Å². The second-order valence-corrected chi connectivity index (χ2v) is 4.05. The minimum atomic E-state index is -0.769. The lowest BCUT2D eigenvalue weighted by atomic mass is 10.2. The standard InChI is InChI=1S/C11H22N2O3/c1-9(2)13(7-4-5-11(15)16)8-6-10(14)12-3/h9H,4-8H2,1-3H3,(H,12,14)(H,15,16). The topological polar surface area (TPSA) is 69.6 Å². The molecule has 2 N–H and O–H groups in total. The van der Waals surface area contributed by atoms with E-state index in [1.54, 1.807) is 7.05 Å². The number of nitrogens with zero attached hydrogens (tertiary/aromatic N) is 1. The maximum absolute atomic E-state index is 11.1. The first-order chi connectivity index (χ1) is 7.47. The number of rotatable bonds is 8. The summed E-state index contributed by atoms with van der Waals surface area (Å²) in [5.41, 5.74) is 0. The Balaban J connectivity index is 3.88. The van der Waals surface area contributed by atoms with E-state index in [0.717, 1.165) is 6.54 Å². The highest BCUT2D eigenvalue weighted by Crippen LogP contribution is 2.03. The maximum atomic E-state index is 11.1. The Morgan fingerprint density at radius 1 is 1.25 bits per heavy atom. The first kappa shape index (κ1) is 14.9. The molecule has 0 atom stereocenters. The van der Waals surface area contributed by atoms with E-state index in [9.17, 15) is 9.59 Å². The van der Waals surface area contributed by atoms with E-state index in [1.807, 2.05) is 13.8 Å². The summed E-state index contributed by atoms with van der Waals surface area (Å²) in [6.07, 6.45) is 1.27. The van der Waals surface area contributed by atoms with Crippen LogP contribution in [0.1, 0.15) is 33.1 Å². The molecule has 0 unspecified atom stereocenters. The molecular formula is C11H22N2O3. The van der Waals surface area contributed by atoms with Crippen LogP contribution in [0, 0.1) is 0 Å². The highest BCUT2D eigenvalue weighted by atomic mass is 16.4. The molecule has 0 saturated heterocycles. The zero-order chi connectivity index (χ0) is 12.6. The Kier molecular flexibility index (Phi) is 7.54. The summed E-state index contributed by atoms with van der Waals surface area (Å²) in [5.74, 6) is -0.751. The van der Waals surface area contributed by atoms with Crippen molar-refractivity contribution < 1.29 is 14.7 Å². The molecular weight excluding hydrogens is 208 g/mol. The lowest BCUT2D eigenvalue weighted by Crippen LogP contribution is -2.35. The second kappa shape index (κ2) is 8.10. The minimum absolute atomic E-state index is 0.0175. The van der Waals surface area contributed by atoms with E-state index in [-0.39, 0.29) is 12.3 Å². The van der Waals surface area contributed by atoms with Gasteiger partial charge in [-0.25, -0.2) is 0 Å². The maximum Gasteiger partial charge on any atom is 0.303 e. The largest absolute Gasteiger partial charge is 0.481 e. The van der Waals surface area contributed by atoms with E-state index < -0.39 is 5.97 Å². The molecule has 5 nitrogen and oxygen atoms in total. The van der Waals surface area contributed by atoms with Crippen LogP contribution in [0.3, 0.4) is 0 Å². The molecule has 0 bridgehead atoms. The summed E-state index contributed by atoms with van der Waals surface area (Å²) in [7, 11) is 1.62. The predicted octanol–water partition coefficient (Wildman–Crippen LogP) is 0.698. The van der Waals surface area contributed by atoms with Crippen molar-refractivity contribution >= 4 is 11.9 Å². The molecule has 0 aliphatic carbocycles. The monoisotopic (exact) mass is 230 g/mol. The van der Waals surface area contributed by atoms with Crippen LogP contribution in [0.5, 0.6) is 0 Å². The van der Waals surface area contributed by atoms with Gasteiger partial charge in [0.1, 0.15) is 0 Å². The number of aliphatic carboxylic acids is 1. The van der Waals surface area contributed by atoms with E-state index in [2.05, 4.69) is 10.2 Å². The SMILES string of the molecule is CNC(=O)CCN(CCCC(=O)O)C(C)C. The molecule has 5 heteroatoms. The average Bonchev–Trinajstić information content (AvgIpc) is 2.21. The van der Waals surface area contributed by atoms with Crippen LogP contribution in [0.2, 0.25) is 0 Å². The molecule has 1 amide bonds. The van der Waals surface area contributed by atoms with Crippen LogP contribution in [0.4, 0.5) is 0 Å². The van der Waals surface area contributed by atoms with Crippen molar-refractivity contribution in [3.63, 3.8) is 0 Å². The van der Waals surface area contributed by atoms with E-state index >= 15 is 0 Å². The molecule has 0 saturated carbocycles. The number of hydrogen-bond acceptors (Lipinski definition) is 3. The van der Waals surface area contributed by atoms with Crippen LogP contribution in [-0.2, 0) is 9.59 Å². The molecule has 0 aromatic rings. The Hall–Kier alpha value is -1.10. The third kappa shape index (κ3) is 7.23. The Labute approximate surface area is 96.8 Å². The molecule has 0 rings (SSSR count). The molecule has 94 valence electrons. The molecule has 0 spiro atoms. The van der Waals surface area contributed by atoms with Crippen LogP contribution < -0.4 is 5.32 Å². The number of amides is 1. The number of nitrogens with one attached hydrogen (secondary N) is 1. The van der Waals surface area contributed by atoms with Crippen molar-refractivity contribution in [2.45, 2.75) is 39.2 Å². The summed E-state index contributed by atoms with van der Waals surface area (Å²) in [6.45, 7) is 5.49. The zero-order valence-electron chi connectivity index (χ0n) is 10.3. The molecule has 16 heavy (non-hydrogen) atoms. The lowest BCUT2D eigenvalue weighted by molar-refractivity contribution is -0.137. The highest BCUT2D eigenvalue weighted by Gasteiger charge is 2.11. The second-order valence-electron chi connectivity index (χ2n) is 4.05. The fourth-order valence-corrected chi connectivity index (χ4v) is 1.43. The first-order valence-electron chi connectivity index (χ1n) is 5.63. The molecule has 0 aliphatic rings. The molecule has 0 fully saturated rings. The fraction of sp³-hybridized carbons (Fsp3) is 0.818. The van der Waals surface area contributed by atoms with Gasteiger partial charge in [-0.2, -0.15) is 0 Å². The fourth-order valence-electron chi connectivity index (χ4n) is 1.43. The number of hydrogen-bond donors (Lipinski definition) is 2. The van der Waals surface area contributed by atoms with Crippen LogP contribution >= 0.6 is 0 Å². The third-order valence-electron chi connectivity index (χ3n) is 2.47. The van der Waals surface area contributed by atoms with Crippen LogP contribution in [0.15, 0.2) is 0 Å². The first-order valence-corrected chi connectivity index (χ1v) is 5.63. The van der Waals surface area contributed by atoms with Gasteiger partial charge in [0.15, 0.2) is 0 Å². The van der Waals surface area contributed by atoms with Gasteiger partial charge in [-0.15, -0.1) is 0 Å². The van der Waals surface area contributed by atoms with Crippen LogP contribution in [0.25, 0.3) is 0 Å². The summed E-state index contributed by atoms with van der Waals surface area (Å²) >= 11 is 0. The van der Waals surface area contributed by atoms with Crippen molar-refractivity contribution in [3.05, 3.63) is 0 Å². The minimum Gasteiger partial charge on any atom is -0.481 e. The normalized spacial score (nSPS) is 10.8. The van der Waals surface area contributed by atoms with Crippen molar-refractivity contribution in [2.75, 3.05) is 20.1 Å². The lowest BCUT2D eigenvalue weighted by Gasteiger charge is -2.25. The van der Waals surface area contributed by atoms with Gasteiger partial charge < -0.3 is 15.3 Å². The van der Waals surface area contributed by atoms with Gasteiger partial charge in [0.2, 0.25) is 5.91 Å². The number of carbonyl (C=O) groups excluding carboxylic acids is 1.